The normalized spacial score (nSPS) is 9.50. The molecule has 0 amide bonds. The second-order valence-corrected chi connectivity index (χ2v) is 5.22. The second-order valence-electron chi connectivity index (χ2n) is 4.24. The van der Waals surface area contributed by atoms with E-state index in [1.807, 2.05) is 17.6 Å². The number of hydrogen-bond acceptors (Lipinski definition) is 4. The van der Waals surface area contributed by atoms with Crippen LogP contribution in [0.4, 0.5) is 0 Å². The van der Waals surface area contributed by atoms with Gasteiger partial charge in [0.25, 0.3) is 0 Å². The van der Waals surface area contributed by atoms with Crippen LogP contribution in [0.25, 0.3) is 0 Å². The van der Waals surface area contributed by atoms with Crippen LogP contribution in [0.15, 0.2) is 35.8 Å². The number of nitrogens with zero attached hydrogens (tertiary/aromatic N) is 1. The van der Waals surface area contributed by atoms with Crippen molar-refractivity contribution < 1.29 is 9.53 Å². The summed E-state index contributed by atoms with van der Waals surface area (Å²) in [4.78, 5) is 14.5. The highest BCUT2D eigenvalue weighted by Crippen LogP contribution is 2.13. The van der Waals surface area contributed by atoms with E-state index in [1.54, 1.807) is 36.6 Å². The van der Waals surface area contributed by atoms with Crippen LogP contribution < -0.4 is 4.74 Å². The monoisotopic (exact) mass is 291 g/mol. The van der Waals surface area contributed by atoms with E-state index in [-0.39, 0.29) is 0 Å². The van der Waals surface area contributed by atoms with Gasteiger partial charge in [0.1, 0.15) is 5.75 Å². The molecule has 0 fully saturated rings. The minimum absolute atomic E-state index is 0.588. The molecular formula is C16H21NO2S. The summed E-state index contributed by atoms with van der Waals surface area (Å²) in [6.45, 7) is 2.22. The van der Waals surface area contributed by atoms with Gasteiger partial charge in [-0.3, -0.25) is 4.79 Å². The van der Waals surface area contributed by atoms with Gasteiger partial charge >= 0.3 is 0 Å². The maximum atomic E-state index is 10.3. The molecule has 0 spiro atoms. The quantitative estimate of drug-likeness (QED) is 0.585. The van der Waals surface area contributed by atoms with E-state index in [2.05, 4.69) is 11.9 Å². The van der Waals surface area contributed by atoms with Crippen molar-refractivity contribution in [3.8, 4) is 5.75 Å². The predicted octanol–water partition coefficient (Wildman–Crippen LogP) is 4.38. The van der Waals surface area contributed by atoms with Crippen LogP contribution in [0.2, 0.25) is 0 Å². The third kappa shape index (κ3) is 5.97. The number of methoxy groups -OCH3 is 1. The molecule has 1 aromatic heterocycles. The maximum Gasteiger partial charge on any atom is 0.153 e. The van der Waals surface area contributed by atoms with Crippen molar-refractivity contribution in [1.82, 2.24) is 4.98 Å². The van der Waals surface area contributed by atoms with Gasteiger partial charge in [0.15, 0.2) is 6.29 Å². The Morgan fingerprint density at radius 1 is 1.30 bits per heavy atom. The standard InChI is InChI=1S/C8H13NS.C8H8O2/c1-2-3-4-5-8-9-6-7-10-8;1-10-8-5-3-2-4-7(8)6-9/h6-7H,2-5H2,1H3;2-6H,1H3. The molecule has 0 aliphatic heterocycles. The summed E-state index contributed by atoms with van der Waals surface area (Å²) in [6, 6.07) is 7.09. The average Bonchev–Trinajstić information content (AvgIpc) is 3.01. The molecule has 0 aliphatic rings. The Labute approximate surface area is 124 Å². The third-order valence-electron chi connectivity index (χ3n) is 2.74. The van der Waals surface area contributed by atoms with Crippen LogP contribution in [0.5, 0.6) is 5.75 Å². The molecule has 108 valence electrons. The number of unbranched alkanes of at least 4 members (excludes halogenated alkanes) is 2. The molecule has 0 bridgehead atoms. The van der Waals surface area contributed by atoms with Crippen LogP contribution in [0, 0.1) is 0 Å². The zero-order valence-electron chi connectivity index (χ0n) is 12.0. The van der Waals surface area contributed by atoms with Gasteiger partial charge in [-0.1, -0.05) is 31.9 Å². The molecule has 0 N–H and O–H groups in total. The van der Waals surface area contributed by atoms with Gasteiger partial charge in [0.2, 0.25) is 0 Å². The Kier molecular flexibility index (Phi) is 8.31. The number of aldehydes is 1. The van der Waals surface area contributed by atoms with E-state index >= 15 is 0 Å². The molecule has 0 saturated carbocycles. The number of carbonyl (C=O) groups excluding carboxylic acids is 1. The van der Waals surface area contributed by atoms with Crippen LogP contribution in [0.1, 0.15) is 41.6 Å². The SMILES string of the molecule is CCCCCc1nccs1.COc1ccccc1C=O. The van der Waals surface area contributed by atoms with Crippen molar-refractivity contribution in [3.05, 3.63) is 46.4 Å². The average molecular weight is 291 g/mol. The third-order valence-corrected chi connectivity index (χ3v) is 3.58. The number of thiazole rings is 1. The van der Waals surface area contributed by atoms with Crippen LogP contribution >= 0.6 is 11.3 Å². The fourth-order valence-electron chi connectivity index (χ4n) is 1.67. The highest BCUT2D eigenvalue weighted by Gasteiger charge is 1.96. The van der Waals surface area contributed by atoms with Crippen molar-refractivity contribution in [1.29, 1.82) is 0 Å². The molecule has 2 aromatic rings. The number of benzene rings is 1. The summed E-state index contributed by atoms with van der Waals surface area (Å²) in [7, 11) is 1.54. The maximum absolute atomic E-state index is 10.3. The summed E-state index contributed by atoms with van der Waals surface area (Å²) in [6.07, 6.45) is 7.76. The lowest BCUT2D eigenvalue weighted by Crippen LogP contribution is -1.88. The first-order chi connectivity index (χ1) is 9.81. The zero-order valence-corrected chi connectivity index (χ0v) is 12.9. The first-order valence-electron chi connectivity index (χ1n) is 6.78. The number of ether oxygens (including phenoxy) is 1. The number of aryl methyl sites for hydroxylation is 1. The summed E-state index contributed by atoms with van der Waals surface area (Å²) < 4.78 is 4.90. The van der Waals surface area contributed by atoms with Crippen molar-refractivity contribution >= 4 is 17.6 Å². The van der Waals surface area contributed by atoms with E-state index in [4.69, 9.17) is 4.74 Å². The smallest absolute Gasteiger partial charge is 0.153 e. The lowest BCUT2D eigenvalue weighted by atomic mass is 10.2. The number of rotatable bonds is 6. The van der Waals surface area contributed by atoms with E-state index in [1.165, 1.54) is 30.7 Å². The molecule has 3 nitrogen and oxygen atoms in total. The van der Waals surface area contributed by atoms with Gasteiger partial charge in [-0.05, 0) is 25.0 Å². The number of para-hydroxylation sites is 1. The predicted molar refractivity (Wildman–Crippen MR) is 83.7 cm³/mol. The molecule has 1 aromatic carbocycles. The van der Waals surface area contributed by atoms with Gasteiger partial charge in [0.05, 0.1) is 17.7 Å². The molecule has 0 atom stereocenters. The highest BCUT2D eigenvalue weighted by atomic mass is 32.1. The molecule has 2 rings (SSSR count). The summed E-state index contributed by atoms with van der Waals surface area (Å²) in [5.74, 6) is 0.623. The molecule has 0 aliphatic carbocycles. The van der Waals surface area contributed by atoms with Crippen molar-refractivity contribution in [2.45, 2.75) is 32.6 Å². The Morgan fingerprint density at radius 2 is 2.10 bits per heavy atom. The van der Waals surface area contributed by atoms with Crippen molar-refractivity contribution in [2.75, 3.05) is 7.11 Å². The molecule has 0 radical (unpaired) electrons. The van der Waals surface area contributed by atoms with Gasteiger partial charge < -0.3 is 4.74 Å². The van der Waals surface area contributed by atoms with E-state index in [9.17, 15) is 4.79 Å². The lowest BCUT2D eigenvalue weighted by Gasteiger charge is -1.99. The highest BCUT2D eigenvalue weighted by molar-refractivity contribution is 7.09. The van der Waals surface area contributed by atoms with Crippen molar-refractivity contribution in [3.63, 3.8) is 0 Å². The molecule has 0 unspecified atom stereocenters. The van der Waals surface area contributed by atoms with Crippen LogP contribution in [-0.2, 0) is 6.42 Å². The Balaban J connectivity index is 0.000000200. The molecular weight excluding hydrogens is 270 g/mol. The largest absolute Gasteiger partial charge is 0.496 e. The Bertz CT molecular complexity index is 483. The summed E-state index contributed by atoms with van der Waals surface area (Å²) >= 11 is 1.76. The number of carbonyl (C=O) groups is 1. The zero-order chi connectivity index (χ0) is 14.6. The van der Waals surface area contributed by atoms with Crippen molar-refractivity contribution in [2.24, 2.45) is 0 Å². The second kappa shape index (κ2) is 10.1. The van der Waals surface area contributed by atoms with Gasteiger partial charge in [-0.2, -0.15) is 0 Å². The first kappa shape index (κ1) is 16.4. The van der Waals surface area contributed by atoms with Gasteiger partial charge in [-0.25, -0.2) is 4.98 Å². The van der Waals surface area contributed by atoms with Gasteiger partial charge in [0, 0.05) is 11.6 Å². The topological polar surface area (TPSA) is 39.2 Å². The molecule has 1 heterocycles. The summed E-state index contributed by atoms with van der Waals surface area (Å²) in [5, 5.41) is 3.33. The minimum Gasteiger partial charge on any atom is -0.496 e. The Hall–Kier alpha value is -1.68. The van der Waals surface area contributed by atoms with Crippen LogP contribution in [0.3, 0.4) is 0 Å². The fourth-order valence-corrected chi connectivity index (χ4v) is 2.33. The number of hydrogen-bond donors (Lipinski definition) is 0. The van der Waals surface area contributed by atoms with Crippen LogP contribution in [-0.4, -0.2) is 18.4 Å². The lowest BCUT2D eigenvalue weighted by molar-refractivity contribution is 0.112. The molecule has 20 heavy (non-hydrogen) atoms. The van der Waals surface area contributed by atoms with E-state index in [0.29, 0.717) is 11.3 Å². The molecule has 0 saturated heterocycles. The van der Waals surface area contributed by atoms with E-state index in [0.717, 1.165) is 6.29 Å². The van der Waals surface area contributed by atoms with Gasteiger partial charge in [-0.15, -0.1) is 11.3 Å². The molecule has 4 heteroatoms. The Morgan fingerprint density at radius 3 is 2.65 bits per heavy atom. The minimum atomic E-state index is 0.588. The number of aromatic nitrogens is 1. The first-order valence-corrected chi connectivity index (χ1v) is 7.66. The fraction of sp³-hybridized carbons (Fsp3) is 0.375. The summed E-state index contributed by atoms with van der Waals surface area (Å²) in [5.41, 5.74) is 0.588. The van der Waals surface area contributed by atoms with E-state index < -0.39 is 0 Å².